The van der Waals surface area contributed by atoms with Gasteiger partial charge in [0.1, 0.15) is 0 Å². The summed E-state index contributed by atoms with van der Waals surface area (Å²) in [5, 5.41) is 27.2. The smallest absolute Gasteiger partial charge is 0.356 e. The summed E-state index contributed by atoms with van der Waals surface area (Å²) >= 11 is 11.9. The van der Waals surface area contributed by atoms with Crippen LogP contribution >= 0.6 is 23.2 Å². The summed E-state index contributed by atoms with van der Waals surface area (Å²) < 4.78 is 0. The molecular weight excluding hydrogens is 543 g/mol. The Kier molecular flexibility index (Phi) is 11.2. The Balaban J connectivity index is 1.71. The Morgan fingerprint density at radius 3 is 2.54 bits per heavy atom. The molecular formula is C28H33Cl2N4O5+. The number of amides is 2. The number of halogens is 2. The van der Waals surface area contributed by atoms with E-state index in [1.165, 1.54) is 18.2 Å². The lowest BCUT2D eigenvalue weighted by Gasteiger charge is -2.15. The third-order valence-electron chi connectivity index (χ3n) is 6.32. The van der Waals surface area contributed by atoms with Gasteiger partial charge in [0, 0.05) is 42.0 Å². The largest absolute Gasteiger partial charge is 0.481 e. The SMILES string of the molecule is CCCCC([NH+]=C(O)C(CCC(=O)O)NC(=O)c1ccc(Cl)c(Cl)c1)C(=O)NCCc1c[nH]c2ccccc12. The minimum Gasteiger partial charge on any atom is -0.481 e. The molecule has 0 aliphatic heterocycles. The molecule has 39 heavy (non-hydrogen) atoms. The van der Waals surface area contributed by atoms with Gasteiger partial charge in [0.05, 0.1) is 10.0 Å². The fraction of sp³-hybridized carbons (Fsp3) is 0.357. The van der Waals surface area contributed by atoms with Gasteiger partial charge in [-0.3, -0.25) is 14.4 Å². The molecule has 0 saturated heterocycles. The van der Waals surface area contributed by atoms with Crippen LogP contribution in [0.5, 0.6) is 0 Å². The van der Waals surface area contributed by atoms with Gasteiger partial charge in [-0.2, -0.15) is 0 Å². The number of aromatic nitrogens is 1. The van der Waals surface area contributed by atoms with Crippen molar-refractivity contribution in [3.05, 3.63) is 69.8 Å². The van der Waals surface area contributed by atoms with Crippen molar-refractivity contribution in [2.75, 3.05) is 6.54 Å². The predicted octanol–water partition coefficient (Wildman–Crippen LogP) is 3.39. The summed E-state index contributed by atoms with van der Waals surface area (Å²) in [7, 11) is 0. The highest BCUT2D eigenvalue weighted by molar-refractivity contribution is 6.42. The molecule has 0 aliphatic carbocycles. The van der Waals surface area contributed by atoms with E-state index in [2.05, 4.69) is 20.6 Å². The number of hydrogen-bond acceptors (Lipinski definition) is 3. The molecule has 0 fully saturated rings. The summed E-state index contributed by atoms with van der Waals surface area (Å²) in [6.45, 7) is 2.38. The van der Waals surface area contributed by atoms with E-state index in [0.717, 1.165) is 29.3 Å². The van der Waals surface area contributed by atoms with Crippen molar-refractivity contribution in [3.8, 4) is 0 Å². The first-order valence-corrected chi connectivity index (χ1v) is 13.6. The number of aromatic amines is 1. The van der Waals surface area contributed by atoms with Crippen LogP contribution < -0.4 is 15.6 Å². The average molecular weight is 577 g/mol. The summed E-state index contributed by atoms with van der Waals surface area (Å²) in [6, 6.07) is 10.4. The monoisotopic (exact) mass is 575 g/mol. The number of unbranched alkanes of at least 4 members (excludes halogenated alkanes) is 1. The van der Waals surface area contributed by atoms with E-state index in [1.54, 1.807) is 0 Å². The number of para-hydroxylation sites is 1. The first-order chi connectivity index (χ1) is 18.7. The van der Waals surface area contributed by atoms with E-state index in [-0.39, 0.29) is 34.4 Å². The number of carboxylic acids is 1. The molecule has 3 rings (SSSR count). The van der Waals surface area contributed by atoms with Gasteiger partial charge < -0.3 is 25.8 Å². The van der Waals surface area contributed by atoms with E-state index in [1.807, 2.05) is 37.4 Å². The lowest BCUT2D eigenvalue weighted by Crippen LogP contribution is -2.85. The van der Waals surface area contributed by atoms with Crippen molar-refractivity contribution in [2.45, 2.75) is 57.5 Å². The molecule has 0 bridgehead atoms. The lowest BCUT2D eigenvalue weighted by atomic mass is 10.1. The summed E-state index contributed by atoms with van der Waals surface area (Å²) in [5.74, 6) is -2.36. The van der Waals surface area contributed by atoms with E-state index in [9.17, 15) is 19.5 Å². The number of hydrogen-bond donors (Lipinski definition) is 6. The Hall–Kier alpha value is -3.56. The maximum Gasteiger partial charge on any atom is 0.356 e. The van der Waals surface area contributed by atoms with Gasteiger partial charge in [-0.15, -0.1) is 0 Å². The third-order valence-corrected chi connectivity index (χ3v) is 7.06. The molecule has 2 atom stereocenters. The van der Waals surface area contributed by atoms with Crippen LogP contribution in [0.3, 0.4) is 0 Å². The van der Waals surface area contributed by atoms with Crippen molar-refractivity contribution in [2.24, 2.45) is 0 Å². The zero-order valence-corrected chi connectivity index (χ0v) is 23.1. The molecule has 1 heterocycles. The van der Waals surface area contributed by atoms with Gasteiger partial charge in [0.25, 0.3) is 11.8 Å². The zero-order chi connectivity index (χ0) is 28.4. The Labute approximate surface area is 236 Å². The topological polar surface area (TPSA) is 145 Å². The molecule has 1 aromatic heterocycles. The van der Waals surface area contributed by atoms with Crippen LogP contribution in [-0.4, -0.2) is 57.5 Å². The van der Waals surface area contributed by atoms with Crippen LogP contribution in [-0.2, 0) is 16.0 Å². The molecule has 0 saturated carbocycles. The molecule has 0 radical (unpaired) electrons. The number of benzene rings is 2. The first kappa shape index (κ1) is 30.0. The van der Waals surface area contributed by atoms with Gasteiger partial charge in [-0.1, -0.05) is 54.7 Å². The average Bonchev–Trinajstić information content (AvgIpc) is 3.33. The van der Waals surface area contributed by atoms with Crippen LogP contribution in [0, 0.1) is 0 Å². The van der Waals surface area contributed by atoms with E-state index in [0.29, 0.717) is 19.4 Å². The molecule has 2 unspecified atom stereocenters. The van der Waals surface area contributed by atoms with E-state index >= 15 is 0 Å². The minimum absolute atomic E-state index is 0.0933. The van der Waals surface area contributed by atoms with Crippen molar-refractivity contribution in [3.63, 3.8) is 0 Å². The fourth-order valence-corrected chi connectivity index (χ4v) is 4.46. The predicted molar refractivity (Wildman–Crippen MR) is 152 cm³/mol. The number of H-pyrrole nitrogens is 1. The highest BCUT2D eigenvalue weighted by Crippen LogP contribution is 2.22. The summed E-state index contributed by atoms with van der Waals surface area (Å²) in [5.41, 5.74) is 2.29. The summed E-state index contributed by atoms with van der Waals surface area (Å²) in [6.07, 6.45) is 4.12. The number of aliphatic hydroxyl groups is 1. The molecule has 6 N–H and O–H groups in total. The van der Waals surface area contributed by atoms with Crippen LogP contribution in [0.25, 0.3) is 10.9 Å². The number of carboxylic acid groups (broad SMARTS) is 1. The number of carbonyl (C=O) groups is 3. The maximum atomic E-state index is 13.1. The van der Waals surface area contributed by atoms with Gasteiger partial charge >= 0.3 is 11.9 Å². The molecule has 0 spiro atoms. The van der Waals surface area contributed by atoms with Gasteiger partial charge in [-0.05, 0) is 49.1 Å². The van der Waals surface area contributed by atoms with Crippen LogP contribution in [0.2, 0.25) is 10.0 Å². The van der Waals surface area contributed by atoms with Crippen LogP contribution in [0.15, 0.2) is 48.7 Å². The number of fused-ring (bicyclic) bond motifs is 1. The normalized spacial score (nSPS) is 13.2. The number of aliphatic carboxylic acids is 1. The van der Waals surface area contributed by atoms with Crippen molar-refractivity contribution >= 4 is 57.8 Å². The molecule has 11 heteroatoms. The summed E-state index contributed by atoms with van der Waals surface area (Å²) in [4.78, 5) is 43.1. The number of carbonyl (C=O) groups excluding carboxylic acids is 2. The lowest BCUT2D eigenvalue weighted by molar-refractivity contribution is -0.499. The molecule has 0 aliphatic rings. The second-order valence-electron chi connectivity index (χ2n) is 9.21. The highest BCUT2D eigenvalue weighted by atomic mass is 35.5. The molecule has 208 valence electrons. The molecule has 9 nitrogen and oxygen atoms in total. The first-order valence-electron chi connectivity index (χ1n) is 12.8. The van der Waals surface area contributed by atoms with Gasteiger partial charge in [0.15, 0.2) is 6.04 Å². The zero-order valence-electron chi connectivity index (χ0n) is 21.6. The maximum absolute atomic E-state index is 13.1. The molecule has 3 aromatic rings. The van der Waals surface area contributed by atoms with Crippen LogP contribution in [0.4, 0.5) is 0 Å². The minimum atomic E-state index is -1.09. The van der Waals surface area contributed by atoms with Gasteiger partial charge in [0.2, 0.25) is 6.04 Å². The van der Waals surface area contributed by atoms with Crippen molar-refractivity contribution in [1.29, 1.82) is 0 Å². The highest BCUT2D eigenvalue weighted by Gasteiger charge is 2.29. The second-order valence-corrected chi connectivity index (χ2v) is 10.0. The number of nitrogens with one attached hydrogen (secondary N) is 4. The van der Waals surface area contributed by atoms with Crippen molar-refractivity contribution in [1.82, 2.24) is 15.6 Å². The Bertz CT molecular complexity index is 1340. The second kappa shape index (κ2) is 14.6. The standard InChI is InChI=1S/C28H32Cl2N4O5/c1-2-3-7-23(27(38)31-14-13-18-16-32-22-8-5-4-6-19(18)22)34-28(39)24(11-12-25(35)36)33-26(37)17-9-10-20(29)21(30)15-17/h4-6,8-10,15-16,23-24,32H,2-3,7,11-14H2,1H3,(H,31,38)(H,33,37)(H,34,39)(H,35,36)/p+1. The third kappa shape index (κ3) is 8.73. The quantitative estimate of drug-likeness (QED) is 0.129. The molecule has 2 amide bonds. The fourth-order valence-electron chi connectivity index (χ4n) is 4.16. The Morgan fingerprint density at radius 2 is 1.82 bits per heavy atom. The van der Waals surface area contributed by atoms with Crippen molar-refractivity contribution < 1.29 is 29.6 Å². The van der Waals surface area contributed by atoms with Crippen LogP contribution in [0.1, 0.15) is 54.9 Å². The number of rotatable bonds is 14. The number of aliphatic hydroxyl groups excluding tert-OH is 1. The van der Waals surface area contributed by atoms with Gasteiger partial charge in [-0.25, -0.2) is 4.99 Å². The van der Waals surface area contributed by atoms with E-state index in [4.69, 9.17) is 28.3 Å². The molecule has 2 aromatic carbocycles. The Morgan fingerprint density at radius 1 is 1.05 bits per heavy atom. The van der Waals surface area contributed by atoms with E-state index < -0.39 is 29.9 Å².